The number of esters is 3. The van der Waals surface area contributed by atoms with Crippen LogP contribution in [0.2, 0.25) is 0 Å². The van der Waals surface area contributed by atoms with Gasteiger partial charge < -0.3 is 14.2 Å². The molecule has 0 rings (SSSR count). The van der Waals surface area contributed by atoms with Crippen molar-refractivity contribution >= 4 is 17.9 Å². The molecule has 0 aromatic carbocycles. The van der Waals surface area contributed by atoms with Crippen molar-refractivity contribution in [1.29, 1.82) is 0 Å². The van der Waals surface area contributed by atoms with Crippen LogP contribution in [0.25, 0.3) is 0 Å². The summed E-state index contributed by atoms with van der Waals surface area (Å²) in [5.41, 5.74) is 0. The van der Waals surface area contributed by atoms with Gasteiger partial charge >= 0.3 is 17.9 Å². The minimum absolute atomic E-state index is 0.0916. The third-order valence-electron chi connectivity index (χ3n) is 13.6. The van der Waals surface area contributed by atoms with Crippen molar-refractivity contribution in [2.24, 2.45) is 0 Å². The molecule has 0 saturated carbocycles. The Hall–Kier alpha value is -4.45. The highest BCUT2D eigenvalue weighted by molar-refractivity contribution is 5.71. The number of ether oxygens (including phenoxy) is 3. The lowest BCUT2D eigenvalue weighted by Crippen LogP contribution is -2.30. The Balaban J connectivity index is 4.29. The van der Waals surface area contributed by atoms with Gasteiger partial charge in [-0.15, -0.1) is 0 Å². The molecule has 0 N–H and O–H groups in total. The van der Waals surface area contributed by atoms with E-state index in [0.29, 0.717) is 19.3 Å². The molecule has 0 bridgehead atoms. The molecule has 6 heteroatoms. The fourth-order valence-corrected chi connectivity index (χ4v) is 8.77. The van der Waals surface area contributed by atoms with Gasteiger partial charge in [-0.25, -0.2) is 0 Å². The third-order valence-corrected chi connectivity index (χ3v) is 13.6. The molecular weight excluding hydrogens is 973 g/mol. The molecule has 1 atom stereocenters. The van der Waals surface area contributed by atoms with E-state index in [1.165, 1.54) is 96.3 Å². The Morgan fingerprint density at radius 2 is 0.494 bits per heavy atom. The molecule has 0 saturated heterocycles. The maximum absolute atomic E-state index is 12.9. The van der Waals surface area contributed by atoms with Crippen LogP contribution in [0, 0.1) is 0 Å². The summed E-state index contributed by atoms with van der Waals surface area (Å²) in [5, 5.41) is 0. The predicted octanol–water partition coefficient (Wildman–Crippen LogP) is 22.5. The van der Waals surface area contributed by atoms with E-state index in [1.807, 2.05) is 0 Å². The van der Waals surface area contributed by atoms with Crippen molar-refractivity contribution in [2.75, 3.05) is 13.2 Å². The van der Waals surface area contributed by atoms with Gasteiger partial charge in [0.25, 0.3) is 0 Å². The predicted molar refractivity (Wildman–Crippen MR) is 343 cm³/mol. The van der Waals surface area contributed by atoms with E-state index >= 15 is 0 Å². The number of hydrogen-bond acceptors (Lipinski definition) is 6. The second-order valence-electron chi connectivity index (χ2n) is 21.3. The van der Waals surface area contributed by atoms with E-state index in [0.717, 1.165) is 154 Å². The first-order valence-corrected chi connectivity index (χ1v) is 32.7. The van der Waals surface area contributed by atoms with Crippen LogP contribution in [0.5, 0.6) is 0 Å². The quantitative estimate of drug-likeness (QED) is 0.0261. The average Bonchev–Trinajstić information content (AvgIpc) is 3.45. The zero-order valence-corrected chi connectivity index (χ0v) is 51.3. The van der Waals surface area contributed by atoms with E-state index in [-0.39, 0.29) is 31.1 Å². The Morgan fingerprint density at radius 1 is 0.266 bits per heavy atom. The summed E-state index contributed by atoms with van der Waals surface area (Å²) in [5.74, 6) is -0.919. The molecule has 448 valence electrons. The van der Waals surface area contributed by atoms with Crippen LogP contribution < -0.4 is 0 Å². The molecule has 0 aromatic heterocycles. The Labute approximate surface area is 487 Å². The van der Waals surface area contributed by atoms with Crippen LogP contribution in [0.3, 0.4) is 0 Å². The number of carbonyl (C=O) groups excluding carboxylic acids is 3. The summed E-state index contributed by atoms with van der Waals surface area (Å²) in [7, 11) is 0. The van der Waals surface area contributed by atoms with Crippen LogP contribution in [-0.4, -0.2) is 37.2 Å². The summed E-state index contributed by atoms with van der Waals surface area (Å²) in [6.45, 7) is 6.36. The molecule has 0 amide bonds. The van der Waals surface area contributed by atoms with E-state index in [9.17, 15) is 14.4 Å². The van der Waals surface area contributed by atoms with E-state index < -0.39 is 6.10 Å². The van der Waals surface area contributed by atoms with Gasteiger partial charge in [-0.3, -0.25) is 14.4 Å². The maximum Gasteiger partial charge on any atom is 0.306 e. The van der Waals surface area contributed by atoms with Crippen LogP contribution in [0.4, 0.5) is 0 Å². The summed E-state index contributed by atoms with van der Waals surface area (Å²) in [6.07, 6.45) is 93.2. The van der Waals surface area contributed by atoms with Crippen molar-refractivity contribution in [3.63, 3.8) is 0 Å². The molecule has 79 heavy (non-hydrogen) atoms. The van der Waals surface area contributed by atoms with Gasteiger partial charge in [0.05, 0.1) is 0 Å². The molecule has 0 fully saturated rings. The van der Waals surface area contributed by atoms with Crippen LogP contribution >= 0.6 is 0 Å². The third kappa shape index (κ3) is 64.3. The zero-order chi connectivity index (χ0) is 57.1. The summed E-state index contributed by atoms with van der Waals surface area (Å²) in [6, 6.07) is 0. The second kappa shape index (κ2) is 66.1. The molecule has 6 nitrogen and oxygen atoms in total. The maximum atomic E-state index is 12.9. The van der Waals surface area contributed by atoms with Crippen molar-refractivity contribution in [1.82, 2.24) is 0 Å². The van der Waals surface area contributed by atoms with Crippen LogP contribution in [0.1, 0.15) is 290 Å². The number of unbranched alkanes of at least 4 members (excludes halogenated alkanes) is 25. The lowest BCUT2D eigenvalue weighted by molar-refractivity contribution is -0.167. The minimum Gasteiger partial charge on any atom is -0.462 e. The normalized spacial score (nSPS) is 13.0. The largest absolute Gasteiger partial charge is 0.462 e. The molecular formula is C73H120O6. The summed E-state index contributed by atoms with van der Waals surface area (Å²) in [4.78, 5) is 38.3. The fraction of sp³-hybridized carbons (Fsp3) is 0.658. The van der Waals surface area contributed by atoms with E-state index in [1.54, 1.807) is 0 Å². The smallest absolute Gasteiger partial charge is 0.306 e. The first-order valence-electron chi connectivity index (χ1n) is 32.7. The van der Waals surface area contributed by atoms with Gasteiger partial charge in [0, 0.05) is 19.3 Å². The molecule has 0 heterocycles. The standard InChI is InChI=1S/C73H120O6/c1-4-7-10-13-16-19-22-24-26-28-30-32-33-34-35-36-37-38-39-41-42-44-46-48-51-54-57-60-63-66-72(75)78-69-70(68-77-71(74)65-62-59-56-53-50-21-18-15-12-9-6-3)79-73(76)67-64-61-58-55-52-49-47-45-43-40-31-29-27-25-23-20-17-14-11-8-5-2/h7-8,10-11,15-20,24-27,30-32,34-35,40,45,47,70H,4-6,9,12-14,21-23,28-29,33,36-39,41-44,46,48-69H2,1-3H3/b10-7-,11-8-,18-15-,19-16-,20-17-,26-24-,27-25-,32-30-,35-34-,40-31-,47-45-. The van der Waals surface area contributed by atoms with Crippen LogP contribution in [0.15, 0.2) is 134 Å². The molecule has 0 aromatic rings. The highest BCUT2D eigenvalue weighted by Crippen LogP contribution is 2.16. The minimum atomic E-state index is -0.797. The number of carbonyl (C=O) groups is 3. The first-order chi connectivity index (χ1) is 39.0. The van der Waals surface area contributed by atoms with E-state index in [2.05, 4.69) is 154 Å². The summed E-state index contributed by atoms with van der Waals surface area (Å²) >= 11 is 0. The Morgan fingerprint density at radius 3 is 0.785 bits per heavy atom. The molecule has 0 aliphatic rings. The van der Waals surface area contributed by atoms with Gasteiger partial charge in [-0.1, -0.05) is 276 Å². The van der Waals surface area contributed by atoms with Gasteiger partial charge in [-0.2, -0.15) is 0 Å². The Kier molecular flexibility index (Phi) is 62.3. The number of rotatable bonds is 58. The number of hydrogen-bond donors (Lipinski definition) is 0. The molecule has 0 aliphatic carbocycles. The Bertz CT molecular complexity index is 1680. The van der Waals surface area contributed by atoms with Crippen molar-refractivity contribution in [2.45, 2.75) is 297 Å². The molecule has 1 unspecified atom stereocenters. The van der Waals surface area contributed by atoms with Gasteiger partial charge in [0.2, 0.25) is 0 Å². The SMILES string of the molecule is CC/C=C\C/C=C\C/C=C\C/C=C\C/C=C\CCCCCCCCCCCCCCCC(=O)OCC(COC(=O)CCCCCCC/C=C\CCCC)OC(=O)CCCCCCC/C=C\C/C=C\C/C=C\C/C=C\C/C=C\CC. The molecule has 0 spiro atoms. The summed E-state index contributed by atoms with van der Waals surface area (Å²) < 4.78 is 16.9. The highest BCUT2D eigenvalue weighted by Gasteiger charge is 2.19. The highest BCUT2D eigenvalue weighted by atomic mass is 16.6. The van der Waals surface area contributed by atoms with Crippen molar-refractivity contribution in [3.8, 4) is 0 Å². The first kappa shape index (κ1) is 74.5. The second-order valence-corrected chi connectivity index (χ2v) is 21.3. The molecule has 0 radical (unpaired) electrons. The van der Waals surface area contributed by atoms with Gasteiger partial charge in [0.15, 0.2) is 6.10 Å². The average molecular weight is 1090 g/mol. The van der Waals surface area contributed by atoms with E-state index in [4.69, 9.17) is 14.2 Å². The number of allylic oxidation sites excluding steroid dienone is 22. The van der Waals surface area contributed by atoms with Crippen molar-refractivity contribution in [3.05, 3.63) is 134 Å². The zero-order valence-electron chi connectivity index (χ0n) is 51.3. The lowest BCUT2D eigenvalue weighted by atomic mass is 10.0. The van der Waals surface area contributed by atoms with Gasteiger partial charge in [-0.05, 0) is 128 Å². The molecule has 0 aliphatic heterocycles. The fourth-order valence-electron chi connectivity index (χ4n) is 8.77. The van der Waals surface area contributed by atoms with Crippen LogP contribution in [-0.2, 0) is 28.6 Å². The van der Waals surface area contributed by atoms with Crippen molar-refractivity contribution < 1.29 is 28.6 Å². The topological polar surface area (TPSA) is 78.9 Å². The van der Waals surface area contributed by atoms with Gasteiger partial charge in [0.1, 0.15) is 13.2 Å². The lowest BCUT2D eigenvalue weighted by Gasteiger charge is -2.18. The monoisotopic (exact) mass is 1090 g/mol.